The molecule has 0 amide bonds. The first-order valence-corrected chi connectivity index (χ1v) is 13.1. The summed E-state index contributed by atoms with van der Waals surface area (Å²) < 4.78 is 7.27. The molecule has 32 heavy (non-hydrogen) atoms. The van der Waals surface area contributed by atoms with E-state index in [1.807, 2.05) is 20.0 Å². The van der Waals surface area contributed by atoms with E-state index in [0.717, 1.165) is 36.8 Å². The Morgan fingerprint density at radius 3 is 2.66 bits per heavy atom. The molecule has 0 radical (unpaired) electrons. The predicted molar refractivity (Wildman–Crippen MR) is 124 cm³/mol. The number of aliphatic hydroxyl groups is 1. The van der Waals surface area contributed by atoms with Crippen LogP contribution in [0, 0.1) is 40.4 Å². The highest BCUT2D eigenvalue weighted by molar-refractivity contribution is 5.82. The topological polar surface area (TPSA) is 64.4 Å². The zero-order valence-electron chi connectivity index (χ0n) is 20.5. The summed E-state index contributed by atoms with van der Waals surface area (Å²) in [4.78, 5) is 13.4. The van der Waals surface area contributed by atoms with Crippen molar-refractivity contribution in [3.05, 3.63) is 12.4 Å². The van der Waals surface area contributed by atoms with Crippen LogP contribution in [0.5, 0.6) is 5.75 Å². The number of ether oxygens (including phenoxy) is 1. The van der Waals surface area contributed by atoms with Gasteiger partial charge >= 0.3 is 0 Å². The van der Waals surface area contributed by atoms with Crippen LogP contribution in [0.1, 0.15) is 85.5 Å². The number of fused-ring (bicyclic) bond motifs is 5. The number of Topliss-reactive ketones (excluding diaryl/α,β-unsaturated/α-hetero) is 1. The van der Waals surface area contributed by atoms with Gasteiger partial charge in [-0.15, -0.1) is 0 Å². The lowest BCUT2D eigenvalue weighted by atomic mass is 9.44. The average Bonchev–Trinajstić information content (AvgIpc) is 3.32. The number of ketones is 1. The van der Waals surface area contributed by atoms with E-state index in [9.17, 15) is 9.90 Å². The van der Waals surface area contributed by atoms with Crippen molar-refractivity contribution in [1.29, 1.82) is 0 Å². The van der Waals surface area contributed by atoms with Gasteiger partial charge in [0.15, 0.2) is 11.5 Å². The van der Waals surface area contributed by atoms with Gasteiger partial charge in [-0.1, -0.05) is 13.8 Å². The number of carbonyl (C=O) groups excluding carboxylic acids is 1. The van der Waals surface area contributed by atoms with Crippen molar-refractivity contribution in [2.45, 2.75) is 97.6 Å². The van der Waals surface area contributed by atoms with Crippen molar-refractivity contribution in [2.24, 2.45) is 40.4 Å². The molecular formula is C27H42N2O3. The Hall–Kier alpha value is -1.36. The first kappa shape index (κ1) is 22.4. The second-order valence-electron chi connectivity index (χ2n) is 12.3. The van der Waals surface area contributed by atoms with Gasteiger partial charge < -0.3 is 9.84 Å². The molecule has 1 heterocycles. The number of nitrogens with zero attached hydrogens (tertiary/aromatic N) is 2. The molecule has 0 aliphatic heterocycles. The predicted octanol–water partition coefficient (Wildman–Crippen LogP) is 5.26. The highest BCUT2D eigenvalue weighted by atomic mass is 16.5. The van der Waals surface area contributed by atoms with Gasteiger partial charge in [-0.3, -0.25) is 9.48 Å². The summed E-state index contributed by atoms with van der Waals surface area (Å²) in [6.07, 6.45) is 13.9. The third-order valence-electron chi connectivity index (χ3n) is 10.6. The lowest BCUT2D eigenvalue weighted by Gasteiger charge is -2.61. The first-order valence-electron chi connectivity index (χ1n) is 13.1. The molecule has 0 aromatic carbocycles. The van der Waals surface area contributed by atoms with Crippen molar-refractivity contribution in [3.8, 4) is 5.75 Å². The highest BCUT2D eigenvalue weighted by Gasteiger charge is 2.61. The summed E-state index contributed by atoms with van der Waals surface area (Å²) in [7, 11) is 0. The molecule has 0 unspecified atom stereocenters. The van der Waals surface area contributed by atoms with E-state index in [4.69, 9.17) is 4.74 Å². The van der Waals surface area contributed by atoms with Crippen LogP contribution in [0.2, 0.25) is 0 Å². The molecule has 4 saturated carbocycles. The monoisotopic (exact) mass is 442 g/mol. The van der Waals surface area contributed by atoms with E-state index in [2.05, 4.69) is 18.9 Å². The van der Waals surface area contributed by atoms with Crippen molar-refractivity contribution >= 4 is 5.78 Å². The van der Waals surface area contributed by atoms with Crippen LogP contribution in [-0.4, -0.2) is 32.9 Å². The van der Waals surface area contributed by atoms with Crippen molar-refractivity contribution in [3.63, 3.8) is 0 Å². The average molecular weight is 443 g/mol. The maximum Gasteiger partial charge on any atom is 0.157 e. The third-order valence-corrected chi connectivity index (χ3v) is 10.6. The summed E-state index contributed by atoms with van der Waals surface area (Å²) in [5.41, 5.74) is 0.0381. The Labute approximate surface area is 193 Å². The molecule has 4 aliphatic rings. The van der Waals surface area contributed by atoms with Gasteiger partial charge in [0.2, 0.25) is 0 Å². The molecule has 4 fully saturated rings. The minimum Gasteiger partial charge on any atom is -0.491 e. The molecule has 178 valence electrons. The molecular weight excluding hydrogens is 400 g/mol. The van der Waals surface area contributed by atoms with E-state index >= 15 is 0 Å². The molecule has 1 aromatic rings. The summed E-state index contributed by atoms with van der Waals surface area (Å²) in [5.74, 6) is 4.11. The minimum atomic E-state index is -0.473. The zero-order valence-corrected chi connectivity index (χ0v) is 20.5. The Kier molecular flexibility index (Phi) is 5.51. The Morgan fingerprint density at radius 1 is 1.09 bits per heavy atom. The molecule has 1 aromatic heterocycles. The van der Waals surface area contributed by atoms with Crippen LogP contribution in [0.4, 0.5) is 0 Å². The standard InChI is InChI=1S/C27H42N2O3/c1-5-32-19-15-28-29(16-19)17-24(30)23-9-8-21-20-7-6-18-14-25(2,31)12-13-26(18,3)22(20)10-11-27(21,23)4/h15-16,18,20-23,31H,5-14,17H2,1-4H3/t18-,20+,21+,22+,23-,25-,26+,27+/m1/s1. The fraction of sp³-hybridized carbons (Fsp3) is 0.852. The summed E-state index contributed by atoms with van der Waals surface area (Å²) >= 11 is 0. The van der Waals surface area contributed by atoms with Gasteiger partial charge in [-0.05, 0) is 106 Å². The Bertz CT molecular complexity index is 863. The van der Waals surface area contributed by atoms with E-state index in [1.165, 1.54) is 38.5 Å². The fourth-order valence-electron chi connectivity index (χ4n) is 8.90. The van der Waals surface area contributed by atoms with Crippen LogP contribution >= 0.6 is 0 Å². The molecule has 0 saturated heterocycles. The van der Waals surface area contributed by atoms with Gasteiger partial charge in [0.25, 0.3) is 0 Å². The maximum atomic E-state index is 13.4. The van der Waals surface area contributed by atoms with Gasteiger partial charge in [-0.25, -0.2) is 0 Å². The van der Waals surface area contributed by atoms with Crippen LogP contribution in [-0.2, 0) is 11.3 Å². The van der Waals surface area contributed by atoms with E-state index < -0.39 is 5.60 Å². The minimum absolute atomic E-state index is 0.136. The van der Waals surface area contributed by atoms with E-state index in [0.29, 0.717) is 36.2 Å². The van der Waals surface area contributed by atoms with E-state index in [1.54, 1.807) is 10.9 Å². The number of carbonyl (C=O) groups is 1. The molecule has 8 atom stereocenters. The molecule has 5 nitrogen and oxygen atoms in total. The number of hydrogen-bond acceptors (Lipinski definition) is 4. The van der Waals surface area contributed by atoms with Gasteiger partial charge in [-0.2, -0.15) is 5.10 Å². The van der Waals surface area contributed by atoms with Crippen molar-refractivity contribution < 1.29 is 14.6 Å². The molecule has 5 rings (SSSR count). The second kappa shape index (κ2) is 7.85. The highest BCUT2D eigenvalue weighted by Crippen LogP contribution is 2.68. The smallest absolute Gasteiger partial charge is 0.157 e. The SMILES string of the molecule is CCOc1cnn(CC(=O)[C@H]2CC[C@H]3[C@@H]4CC[C@@H]5C[C@](C)(O)CC[C@]5(C)[C@H]4CC[C@]23C)c1. The summed E-state index contributed by atoms with van der Waals surface area (Å²) in [6.45, 7) is 9.95. The quantitative estimate of drug-likeness (QED) is 0.675. The van der Waals surface area contributed by atoms with Gasteiger partial charge in [0, 0.05) is 5.92 Å². The molecule has 0 bridgehead atoms. The lowest BCUT2D eigenvalue weighted by molar-refractivity contribution is -0.151. The summed E-state index contributed by atoms with van der Waals surface area (Å²) in [5, 5.41) is 15.1. The van der Waals surface area contributed by atoms with Crippen molar-refractivity contribution in [2.75, 3.05) is 6.61 Å². The zero-order chi connectivity index (χ0) is 22.7. The second-order valence-corrected chi connectivity index (χ2v) is 12.3. The first-order chi connectivity index (χ1) is 15.2. The summed E-state index contributed by atoms with van der Waals surface area (Å²) in [6, 6.07) is 0. The lowest BCUT2D eigenvalue weighted by Crippen LogP contribution is -2.55. The number of hydrogen-bond donors (Lipinski definition) is 1. The van der Waals surface area contributed by atoms with Crippen LogP contribution in [0.25, 0.3) is 0 Å². The van der Waals surface area contributed by atoms with Gasteiger partial charge in [0.1, 0.15) is 0 Å². The normalized spacial score (nSPS) is 45.6. The number of rotatable bonds is 5. The Morgan fingerprint density at radius 2 is 1.88 bits per heavy atom. The van der Waals surface area contributed by atoms with Crippen LogP contribution < -0.4 is 4.74 Å². The molecule has 5 heteroatoms. The van der Waals surface area contributed by atoms with Crippen LogP contribution in [0.3, 0.4) is 0 Å². The maximum absolute atomic E-state index is 13.4. The van der Waals surface area contributed by atoms with Crippen molar-refractivity contribution in [1.82, 2.24) is 9.78 Å². The largest absolute Gasteiger partial charge is 0.491 e. The molecule has 0 spiro atoms. The number of aromatic nitrogens is 2. The van der Waals surface area contributed by atoms with Crippen LogP contribution in [0.15, 0.2) is 12.4 Å². The van der Waals surface area contributed by atoms with Gasteiger partial charge in [0.05, 0.1) is 31.1 Å². The third kappa shape index (κ3) is 3.54. The fourth-order valence-corrected chi connectivity index (χ4v) is 8.90. The van der Waals surface area contributed by atoms with E-state index in [-0.39, 0.29) is 11.3 Å². The Balaban J connectivity index is 1.31. The molecule has 1 N–H and O–H groups in total. The molecule has 4 aliphatic carbocycles.